The van der Waals surface area contributed by atoms with E-state index in [2.05, 4.69) is 31.0 Å². The van der Waals surface area contributed by atoms with Crippen molar-refractivity contribution < 1.29 is 4.74 Å². The molecule has 0 radical (unpaired) electrons. The molecule has 2 rings (SSSR count). The zero-order chi connectivity index (χ0) is 16.3. The average Bonchev–Trinajstić information content (AvgIpc) is 2.60. The highest BCUT2D eigenvalue weighted by atomic mass is 16.5. The van der Waals surface area contributed by atoms with Crippen molar-refractivity contribution in [2.75, 3.05) is 6.54 Å². The maximum Gasteiger partial charge on any atom is 0.127 e. The van der Waals surface area contributed by atoms with Crippen molar-refractivity contribution in [3.8, 4) is 11.5 Å². The van der Waals surface area contributed by atoms with Gasteiger partial charge in [0, 0.05) is 6.54 Å². The first-order valence-electron chi connectivity index (χ1n) is 8.45. The van der Waals surface area contributed by atoms with Crippen LogP contribution in [0.2, 0.25) is 0 Å². The largest absolute Gasteiger partial charge is 0.457 e. The number of hydrogen-bond acceptors (Lipinski definition) is 2. The number of hydrogen-bond donors (Lipinski definition) is 1. The quantitative estimate of drug-likeness (QED) is 0.458. The van der Waals surface area contributed by atoms with Crippen LogP contribution in [0.3, 0.4) is 0 Å². The zero-order valence-corrected chi connectivity index (χ0v) is 14.0. The molecule has 0 aromatic heterocycles. The van der Waals surface area contributed by atoms with Gasteiger partial charge < -0.3 is 10.1 Å². The second kappa shape index (κ2) is 9.86. The van der Waals surface area contributed by atoms with Crippen molar-refractivity contribution in [3.05, 3.63) is 72.8 Å². The molecule has 0 aliphatic heterocycles. The molecule has 0 amide bonds. The molecule has 23 heavy (non-hydrogen) atoms. The topological polar surface area (TPSA) is 21.3 Å². The van der Waals surface area contributed by atoms with Crippen molar-refractivity contribution in [3.63, 3.8) is 0 Å². The molecule has 1 atom stereocenters. The molecule has 0 aliphatic carbocycles. The molecule has 2 aromatic rings. The molecule has 2 heteroatoms. The normalized spacial score (nSPS) is 11.9. The Hall–Kier alpha value is -2.06. The summed E-state index contributed by atoms with van der Waals surface area (Å²) in [7, 11) is 0. The van der Waals surface area contributed by atoms with Gasteiger partial charge in [-0.2, -0.15) is 0 Å². The van der Waals surface area contributed by atoms with Crippen LogP contribution in [-0.2, 0) is 6.54 Å². The monoisotopic (exact) mass is 309 g/mol. The molecule has 1 unspecified atom stereocenters. The van der Waals surface area contributed by atoms with Crippen LogP contribution in [-0.4, -0.2) is 6.54 Å². The van der Waals surface area contributed by atoms with E-state index in [0.717, 1.165) is 36.9 Å². The molecule has 1 N–H and O–H groups in total. The molecule has 0 bridgehead atoms. The molecule has 122 valence electrons. The predicted molar refractivity (Wildman–Crippen MR) is 97.9 cm³/mol. The van der Waals surface area contributed by atoms with Crippen molar-refractivity contribution >= 4 is 0 Å². The van der Waals surface area contributed by atoms with E-state index in [9.17, 15) is 0 Å². The number of benzene rings is 2. The van der Waals surface area contributed by atoms with Gasteiger partial charge in [-0.05, 0) is 55.1 Å². The fourth-order valence-corrected chi connectivity index (χ4v) is 2.56. The van der Waals surface area contributed by atoms with Gasteiger partial charge >= 0.3 is 0 Å². The number of rotatable bonds is 10. The molecule has 0 saturated carbocycles. The summed E-state index contributed by atoms with van der Waals surface area (Å²) < 4.78 is 5.80. The Morgan fingerprint density at radius 2 is 1.74 bits per heavy atom. The molecular formula is C21H27NO. The van der Waals surface area contributed by atoms with E-state index in [4.69, 9.17) is 4.74 Å². The summed E-state index contributed by atoms with van der Waals surface area (Å²) in [4.78, 5) is 0. The molecule has 0 heterocycles. The predicted octanol–water partition coefficient (Wildman–Crippen LogP) is 5.56. The lowest BCUT2D eigenvalue weighted by Gasteiger charge is -2.13. The summed E-state index contributed by atoms with van der Waals surface area (Å²) in [6.45, 7) is 8.03. The maximum absolute atomic E-state index is 5.80. The fourth-order valence-electron chi connectivity index (χ4n) is 2.56. The van der Waals surface area contributed by atoms with Gasteiger partial charge in [0.15, 0.2) is 0 Å². The van der Waals surface area contributed by atoms with Gasteiger partial charge in [-0.15, -0.1) is 6.58 Å². The van der Waals surface area contributed by atoms with Crippen molar-refractivity contribution in [2.45, 2.75) is 32.7 Å². The second-order valence-corrected chi connectivity index (χ2v) is 5.82. The van der Waals surface area contributed by atoms with Gasteiger partial charge in [-0.25, -0.2) is 0 Å². The minimum absolute atomic E-state index is 0.752. The average molecular weight is 309 g/mol. The van der Waals surface area contributed by atoms with Crippen LogP contribution < -0.4 is 10.1 Å². The highest BCUT2D eigenvalue weighted by Gasteiger charge is 2.03. The highest BCUT2D eigenvalue weighted by Crippen LogP contribution is 2.21. The molecule has 0 aliphatic rings. The molecular weight excluding hydrogens is 282 g/mol. The number of allylic oxidation sites excluding steroid dienone is 1. The minimum Gasteiger partial charge on any atom is -0.457 e. The van der Waals surface area contributed by atoms with E-state index in [1.54, 1.807) is 0 Å². The number of ether oxygens (including phenoxy) is 1. The standard InChI is InChI=1S/C21H27NO/c1-3-8-18(4-2)15-16-22-17-19-11-13-21(14-12-19)23-20-9-6-5-7-10-20/h3,5-7,9-14,18,22H,1,4,8,15-17H2,2H3. The van der Waals surface area contributed by atoms with E-state index < -0.39 is 0 Å². The Labute approximate surface area is 140 Å². The van der Waals surface area contributed by atoms with Crippen molar-refractivity contribution in [1.29, 1.82) is 0 Å². The smallest absolute Gasteiger partial charge is 0.127 e. The van der Waals surface area contributed by atoms with E-state index >= 15 is 0 Å². The third-order valence-corrected chi connectivity index (χ3v) is 4.04. The summed E-state index contributed by atoms with van der Waals surface area (Å²) in [5.74, 6) is 2.49. The Balaban J connectivity index is 1.73. The number of para-hydroxylation sites is 1. The van der Waals surface area contributed by atoms with Gasteiger partial charge in [0.05, 0.1) is 0 Å². The molecule has 0 spiro atoms. The van der Waals surface area contributed by atoms with Crippen LogP contribution in [0, 0.1) is 5.92 Å². The van der Waals surface area contributed by atoms with Crippen LogP contribution in [0.5, 0.6) is 11.5 Å². The summed E-state index contributed by atoms with van der Waals surface area (Å²) in [6.07, 6.45) is 5.57. The fraction of sp³-hybridized carbons (Fsp3) is 0.333. The van der Waals surface area contributed by atoms with E-state index in [-0.39, 0.29) is 0 Å². The van der Waals surface area contributed by atoms with Crippen LogP contribution >= 0.6 is 0 Å². The first-order chi connectivity index (χ1) is 11.3. The van der Waals surface area contributed by atoms with E-state index in [0.29, 0.717) is 0 Å². The minimum atomic E-state index is 0.752. The van der Waals surface area contributed by atoms with Crippen LogP contribution in [0.1, 0.15) is 31.7 Å². The van der Waals surface area contributed by atoms with Crippen LogP contribution in [0.4, 0.5) is 0 Å². The van der Waals surface area contributed by atoms with Gasteiger partial charge in [0.1, 0.15) is 11.5 Å². The lowest BCUT2D eigenvalue weighted by molar-refractivity contribution is 0.455. The SMILES string of the molecule is C=CCC(CC)CCNCc1ccc(Oc2ccccc2)cc1. The summed E-state index contributed by atoms with van der Waals surface area (Å²) in [5, 5.41) is 3.52. The van der Waals surface area contributed by atoms with Gasteiger partial charge in [-0.3, -0.25) is 0 Å². The zero-order valence-electron chi connectivity index (χ0n) is 14.0. The Morgan fingerprint density at radius 3 is 2.39 bits per heavy atom. The van der Waals surface area contributed by atoms with Gasteiger partial charge in [-0.1, -0.05) is 49.8 Å². The highest BCUT2D eigenvalue weighted by molar-refractivity contribution is 5.32. The molecule has 2 nitrogen and oxygen atoms in total. The summed E-state index contributed by atoms with van der Waals surface area (Å²) >= 11 is 0. The lowest BCUT2D eigenvalue weighted by Crippen LogP contribution is -2.17. The Bertz CT molecular complexity index is 562. The molecule has 2 aromatic carbocycles. The van der Waals surface area contributed by atoms with Crippen LogP contribution in [0.15, 0.2) is 67.3 Å². The summed E-state index contributed by atoms with van der Waals surface area (Å²) in [6, 6.07) is 18.1. The first-order valence-corrected chi connectivity index (χ1v) is 8.45. The van der Waals surface area contributed by atoms with Gasteiger partial charge in [0.2, 0.25) is 0 Å². The van der Waals surface area contributed by atoms with Gasteiger partial charge in [0.25, 0.3) is 0 Å². The Kier molecular flexibility index (Phi) is 7.41. The Morgan fingerprint density at radius 1 is 1.04 bits per heavy atom. The maximum atomic E-state index is 5.80. The third-order valence-electron chi connectivity index (χ3n) is 4.04. The van der Waals surface area contributed by atoms with Crippen LogP contribution in [0.25, 0.3) is 0 Å². The molecule has 0 fully saturated rings. The number of nitrogens with one attached hydrogen (secondary N) is 1. The van der Waals surface area contributed by atoms with E-state index in [1.165, 1.54) is 18.4 Å². The first kappa shape index (κ1) is 17.3. The second-order valence-electron chi connectivity index (χ2n) is 5.82. The third kappa shape index (κ3) is 6.29. The lowest BCUT2D eigenvalue weighted by atomic mass is 9.98. The van der Waals surface area contributed by atoms with E-state index in [1.807, 2.05) is 48.5 Å². The van der Waals surface area contributed by atoms with Crippen molar-refractivity contribution in [1.82, 2.24) is 5.32 Å². The molecule has 0 saturated heterocycles. The van der Waals surface area contributed by atoms with Crippen molar-refractivity contribution in [2.24, 2.45) is 5.92 Å². The summed E-state index contributed by atoms with van der Waals surface area (Å²) in [5.41, 5.74) is 1.28.